The number of aryl methyl sites for hydroxylation is 1. The number of benzene rings is 2. The van der Waals surface area contributed by atoms with E-state index in [-0.39, 0.29) is 5.82 Å². The number of fused-ring (bicyclic) bond motifs is 1. The molecule has 88 valence electrons. The Labute approximate surface area is 105 Å². The van der Waals surface area contributed by atoms with Crippen LogP contribution < -0.4 is 0 Å². The lowest BCUT2D eigenvalue weighted by Gasteiger charge is -2.08. The summed E-state index contributed by atoms with van der Waals surface area (Å²) in [7, 11) is 0. The van der Waals surface area contributed by atoms with Gasteiger partial charge in [0, 0.05) is 23.3 Å². The molecule has 0 unspecified atom stereocenters. The van der Waals surface area contributed by atoms with Gasteiger partial charge < -0.3 is 0 Å². The van der Waals surface area contributed by atoms with Gasteiger partial charge in [-0.3, -0.25) is 4.98 Å². The molecular weight excluding hydrogens is 225 g/mol. The average Bonchev–Trinajstić information content (AvgIpc) is 2.38. The smallest absolute Gasteiger partial charge is 0.131 e. The van der Waals surface area contributed by atoms with Crippen LogP contribution in [0.25, 0.3) is 21.9 Å². The molecule has 2 heteroatoms. The first-order chi connectivity index (χ1) is 8.75. The Kier molecular flexibility index (Phi) is 2.56. The molecule has 0 spiro atoms. The molecule has 0 radical (unpaired) electrons. The molecule has 0 N–H and O–H groups in total. The minimum absolute atomic E-state index is 0.181. The van der Waals surface area contributed by atoms with Gasteiger partial charge in [0.25, 0.3) is 0 Å². The van der Waals surface area contributed by atoms with E-state index in [0.717, 1.165) is 21.9 Å². The van der Waals surface area contributed by atoms with Crippen molar-refractivity contribution in [3.05, 3.63) is 66.2 Å². The second-order valence-electron chi connectivity index (χ2n) is 4.39. The Hall–Kier alpha value is -2.22. The highest BCUT2D eigenvalue weighted by Crippen LogP contribution is 2.30. The maximum atomic E-state index is 14.0. The fraction of sp³-hybridized carbons (Fsp3) is 0.0625. The zero-order valence-corrected chi connectivity index (χ0v) is 10.0. The van der Waals surface area contributed by atoms with Crippen molar-refractivity contribution in [2.75, 3.05) is 0 Å². The van der Waals surface area contributed by atoms with Crippen molar-refractivity contribution in [2.24, 2.45) is 0 Å². The van der Waals surface area contributed by atoms with Gasteiger partial charge in [0.1, 0.15) is 5.82 Å². The van der Waals surface area contributed by atoms with Gasteiger partial charge in [-0.05, 0) is 35.6 Å². The molecule has 0 aliphatic rings. The zero-order valence-electron chi connectivity index (χ0n) is 10.0. The molecule has 3 rings (SSSR count). The summed E-state index contributed by atoms with van der Waals surface area (Å²) in [6, 6.07) is 13.1. The maximum absolute atomic E-state index is 14.0. The molecule has 18 heavy (non-hydrogen) atoms. The fourth-order valence-corrected chi connectivity index (χ4v) is 2.20. The molecule has 3 aromatic rings. The zero-order chi connectivity index (χ0) is 12.5. The largest absolute Gasteiger partial charge is 0.264 e. The Bertz CT molecular complexity index is 714. The number of nitrogens with zero attached hydrogens (tertiary/aromatic N) is 1. The van der Waals surface area contributed by atoms with Crippen LogP contribution in [0.3, 0.4) is 0 Å². The number of hydrogen-bond acceptors (Lipinski definition) is 1. The van der Waals surface area contributed by atoms with Crippen LogP contribution in [-0.4, -0.2) is 4.98 Å². The molecule has 1 heterocycles. The molecule has 0 aliphatic carbocycles. The average molecular weight is 237 g/mol. The first kappa shape index (κ1) is 10.9. The third-order valence-electron chi connectivity index (χ3n) is 3.10. The second kappa shape index (κ2) is 4.22. The van der Waals surface area contributed by atoms with Crippen molar-refractivity contribution in [3.8, 4) is 11.1 Å². The highest BCUT2D eigenvalue weighted by molar-refractivity contribution is 5.96. The summed E-state index contributed by atoms with van der Waals surface area (Å²) in [5.74, 6) is -0.181. The molecule has 0 saturated carbocycles. The molecule has 1 nitrogen and oxygen atoms in total. The van der Waals surface area contributed by atoms with Crippen molar-refractivity contribution in [1.29, 1.82) is 0 Å². The van der Waals surface area contributed by atoms with Gasteiger partial charge >= 0.3 is 0 Å². The van der Waals surface area contributed by atoms with E-state index >= 15 is 0 Å². The highest BCUT2D eigenvalue weighted by Gasteiger charge is 2.08. The highest BCUT2D eigenvalue weighted by atomic mass is 19.1. The van der Waals surface area contributed by atoms with Gasteiger partial charge in [-0.25, -0.2) is 4.39 Å². The van der Waals surface area contributed by atoms with Crippen LogP contribution in [0.5, 0.6) is 0 Å². The molecule has 1 aromatic heterocycles. The SMILES string of the molecule is Cc1ccc(-c2cccc3cnccc23)c(F)c1. The first-order valence-corrected chi connectivity index (χ1v) is 5.85. The van der Waals surface area contributed by atoms with Crippen LogP contribution >= 0.6 is 0 Å². The fourth-order valence-electron chi connectivity index (χ4n) is 2.20. The van der Waals surface area contributed by atoms with Crippen molar-refractivity contribution in [3.63, 3.8) is 0 Å². The second-order valence-corrected chi connectivity index (χ2v) is 4.39. The van der Waals surface area contributed by atoms with E-state index < -0.39 is 0 Å². The summed E-state index contributed by atoms with van der Waals surface area (Å²) < 4.78 is 14.0. The van der Waals surface area contributed by atoms with Crippen LogP contribution in [-0.2, 0) is 0 Å². The van der Waals surface area contributed by atoms with Crippen LogP contribution in [0.15, 0.2) is 54.9 Å². The number of hydrogen-bond donors (Lipinski definition) is 0. The summed E-state index contributed by atoms with van der Waals surface area (Å²) >= 11 is 0. The van der Waals surface area contributed by atoms with E-state index in [9.17, 15) is 4.39 Å². The summed E-state index contributed by atoms with van der Waals surface area (Å²) in [5.41, 5.74) is 2.47. The monoisotopic (exact) mass is 237 g/mol. The Morgan fingerprint density at radius 3 is 2.72 bits per heavy atom. The predicted molar refractivity (Wildman–Crippen MR) is 71.9 cm³/mol. The van der Waals surface area contributed by atoms with Crippen molar-refractivity contribution in [1.82, 2.24) is 4.98 Å². The minimum atomic E-state index is -0.181. The third kappa shape index (κ3) is 1.76. The van der Waals surface area contributed by atoms with Crippen LogP contribution in [0.1, 0.15) is 5.56 Å². The normalized spacial score (nSPS) is 10.8. The number of aromatic nitrogens is 1. The summed E-state index contributed by atoms with van der Waals surface area (Å²) in [6.45, 7) is 1.89. The minimum Gasteiger partial charge on any atom is -0.264 e. The standard InChI is InChI=1S/C16H12FN/c1-11-5-6-15(16(17)9-11)14-4-2-3-12-10-18-8-7-13(12)14/h2-10H,1H3. The van der Waals surface area contributed by atoms with E-state index in [2.05, 4.69) is 4.98 Å². The summed E-state index contributed by atoms with van der Waals surface area (Å²) in [6.07, 6.45) is 3.53. The van der Waals surface area contributed by atoms with Gasteiger partial charge in [-0.15, -0.1) is 0 Å². The summed E-state index contributed by atoms with van der Waals surface area (Å²) in [4.78, 5) is 4.09. The van der Waals surface area contributed by atoms with Crippen LogP contribution in [0, 0.1) is 12.7 Å². The van der Waals surface area contributed by atoms with Crippen molar-refractivity contribution < 1.29 is 4.39 Å². The van der Waals surface area contributed by atoms with Gasteiger partial charge in [0.2, 0.25) is 0 Å². The van der Waals surface area contributed by atoms with Gasteiger partial charge in [-0.2, -0.15) is 0 Å². The quantitative estimate of drug-likeness (QED) is 0.613. The number of rotatable bonds is 1. The van der Waals surface area contributed by atoms with Gasteiger partial charge in [-0.1, -0.05) is 30.3 Å². The Morgan fingerprint density at radius 1 is 1.00 bits per heavy atom. The molecule has 0 amide bonds. The van der Waals surface area contributed by atoms with Crippen LogP contribution in [0.2, 0.25) is 0 Å². The lowest BCUT2D eigenvalue weighted by atomic mass is 9.98. The Balaban J connectivity index is 2.31. The number of halogens is 1. The molecule has 0 aliphatic heterocycles. The number of pyridine rings is 1. The molecule has 2 aromatic carbocycles. The third-order valence-corrected chi connectivity index (χ3v) is 3.10. The topological polar surface area (TPSA) is 12.9 Å². The first-order valence-electron chi connectivity index (χ1n) is 5.85. The summed E-state index contributed by atoms with van der Waals surface area (Å²) in [5, 5.41) is 2.05. The Morgan fingerprint density at radius 2 is 1.89 bits per heavy atom. The van der Waals surface area contributed by atoms with Crippen molar-refractivity contribution >= 4 is 10.8 Å². The predicted octanol–water partition coefficient (Wildman–Crippen LogP) is 4.35. The lowest BCUT2D eigenvalue weighted by molar-refractivity contribution is 0.630. The van der Waals surface area contributed by atoms with Gasteiger partial charge in [0.05, 0.1) is 0 Å². The van der Waals surface area contributed by atoms with Crippen LogP contribution in [0.4, 0.5) is 4.39 Å². The van der Waals surface area contributed by atoms with E-state index in [4.69, 9.17) is 0 Å². The van der Waals surface area contributed by atoms with Crippen molar-refractivity contribution in [2.45, 2.75) is 6.92 Å². The molecular formula is C16H12FN. The molecule has 0 saturated heterocycles. The molecule has 0 fully saturated rings. The molecule has 0 atom stereocenters. The van der Waals surface area contributed by atoms with Gasteiger partial charge in [0.15, 0.2) is 0 Å². The lowest BCUT2D eigenvalue weighted by Crippen LogP contribution is -1.87. The maximum Gasteiger partial charge on any atom is 0.131 e. The van der Waals surface area contributed by atoms with E-state index in [1.54, 1.807) is 18.5 Å². The molecule has 0 bridgehead atoms. The van der Waals surface area contributed by atoms with E-state index in [0.29, 0.717) is 5.56 Å². The van der Waals surface area contributed by atoms with E-state index in [1.807, 2.05) is 43.3 Å². The van der Waals surface area contributed by atoms with E-state index in [1.165, 1.54) is 0 Å².